The van der Waals surface area contributed by atoms with Crippen LogP contribution in [-0.4, -0.2) is 46.1 Å². The third kappa shape index (κ3) is 2.57. The molecule has 7 nitrogen and oxygen atoms in total. The van der Waals surface area contributed by atoms with Crippen molar-refractivity contribution in [3.8, 4) is 0 Å². The van der Waals surface area contributed by atoms with Crippen LogP contribution in [0.15, 0.2) is 11.8 Å². The van der Waals surface area contributed by atoms with Crippen molar-refractivity contribution >= 4 is 11.9 Å². The van der Waals surface area contributed by atoms with Crippen molar-refractivity contribution in [2.24, 2.45) is 5.92 Å². The van der Waals surface area contributed by atoms with E-state index in [9.17, 15) is 14.7 Å². The molecule has 0 bridgehead atoms. The molecule has 4 atom stereocenters. The van der Waals surface area contributed by atoms with Gasteiger partial charge in [0.2, 0.25) is 5.91 Å². The quantitative estimate of drug-likeness (QED) is 0.661. The van der Waals surface area contributed by atoms with E-state index in [0.717, 1.165) is 0 Å². The van der Waals surface area contributed by atoms with Gasteiger partial charge in [-0.25, -0.2) is 0 Å². The summed E-state index contributed by atoms with van der Waals surface area (Å²) in [5.74, 6) is -3.63. The van der Waals surface area contributed by atoms with E-state index in [2.05, 4.69) is 5.32 Å². The summed E-state index contributed by atoms with van der Waals surface area (Å²) in [4.78, 5) is 22.4. The van der Waals surface area contributed by atoms with Gasteiger partial charge in [0.15, 0.2) is 5.79 Å². The fraction of sp³-hybridized carbons (Fsp3) is 0.667. The number of nitrogens with one attached hydrogen (secondary N) is 1. The van der Waals surface area contributed by atoms with Gasteiger partial charge in [-0.3, -0.25) is 9.59 Å². The van der Waals surface area contributed by atoms with Gasteiger partial charge >= 0.3 is 5.97 Å². The molecule has 1 heterocycles. The van der Waals surface area contributed by atoms with Crippen molar-refractivity contribution in [1.29, 1.82) is 0 Å². The standard InChI is InChI=1S/C12H17NO6/c1-5(14)13-8-7(15)4-6(11(16)17)9-10(8)19-12(2,3)18-9/h4,6,8-10,15H,1-3H3,(H,13,14)(H,16,17)/t6?,8-,9-,10+/m1/s1. The molecule has 2 rings (SSSR count). The number of carboxylic acid groups (broad SMARTS) is 1. The average molecular weight is 271 g/mol. The second kappa shape index (κ2) is 4.50. The fourth-order valence-electron chi connectivity index (χ4n) is 2.49. The molecule has 1 saturated heterocycles. The number of aliphatic hydroxyl groups is 1. The first-order valence-corrected chi connectivity index (χ1v) is 5.97. The van der Waals surface area contributed by atoms with Gasteiger partial charge in [0.05, 0.1) is 0 Å². The largest absolute Gasteiger partial charge is 0.510 e. The lowest BCUT2D eigenvalue weighted by Gasteiger charge is -2.32. The summed E-state index contributed by atoms with van der Waals surface area (Å²) in [6.07, 6.45) is -0.292. The van der Waals surface area contributed by atoms with E-state index >= 15 is 0 Å². The van der Waals surface area contributed by atoms with E-state index in [0.29, 0.717) is 0 Å². The molecular formula is C12H17NO6. The van der Waals surface area contributed by atoms with Gasteiger partial charge in [0, 0.05) is 6.92 Å². The Balaban J connectivity index is 2.35. The fourth-order valence-corrected chi connectivity index (χ4v) is 2.49. The minimum atomic E-state index is -1.11. The molecule has 0 saturated carbocycles. The summed E-state index contributed by atoms with van der Waals surface area (Å²) < 4.78 is 11.2. The molecule has 1 amide bonds. The molecule has 2 aliphatic rings. The van der Waals surface area contributed by atoms with Crippen LogP contribution < -0.4 is 5.32 Å². The van der Waals surface area contributed by atoms with Crippen LogP contribution >= 0.6 is 0 Å². The topological polar surface area (TPSA) is 105 Å². The predicted molar refractivity (Wildman–Crippen MR) is 63.3 cm³/mol. The molecule has 0 aromatic carbocycles. The highest BCUT2D eigenvalue weighted by molar-refractivity contribution is 5.75. The third-order valence-electron chi connectivity index (χ3n) is 3.16. The minimum absolute atomic E-state index is 0.217. The number of carbonyl (C=O) groups excluding carboxylic acids is 1. The first kappa shape index (κ1) is 13.8. The molecule has 1 aliphatic carbocycles. The van der Waals surface area contributed by atoms with E-state index in [1.807, 2.05) is 0 Å². The first-order valence-electron chi connectivity index (χ1n) is 5.97. The van der Waals surface area contributed by atoms with Crippen molar-refractivity contribution in [2.75, 3.05) is 0 Å². The van der Waals surface area contributed by atoms with Gasteiger partial charge in [-0.2, -0.15) is 0 Å². The Labute approximate surface area is 110 Å². The lowest BCUT2D eigenvalue weighted by molar-refractivity contribution is -0.157. The van der Waals surface area contributed by atoms with Crippen LogP contribution in [0.3, 0.4) is 0 Å². The lowest BCUT2D eigenvalue weighted by Crippen LogP contribution is -2.53. The van der Waals surface area contributed by atoms with Gasteiger partial charge in [-0.05, 0) is 19.9 Å². The molecule has 0 aromatic heterocycles. The Kier molecular flexibility index (Phi) is 3.27. The molecule has 1 aliphatic heterocycles. The Morgan fingerprint density at radius 1 is 1.32 bits per heavy atom. The first-order chi connectivity index (χ1) is 8.71. The SMILES string of the molecule is CC(=O)N[C@@H]1C(O)=CC(C(=O)O)[C@H]2OC(C)(C)O[C@@H]12. The number of hydrogen-bond donors (Lipinski definition) is 3. The zero-order valence-electron chi connectivity index (χ0n) is 10.9. The molecule has 7 heteroatoms. The summed E-state index contributed by atoms with van der Waals surface area (Å²) in [7, 11) is 0. The maximum Gasteiger partial charge on any atom is 0.313 e. The van der Waals surface area contributed by atoms with Gasteiger partial charge in [0.25, 0.3) is 0 Å². The van der Waals surface area contributed by atoms with Crippen LogP contribution in [0.25, 0.3) is 0 Å². The molecule has 3 N–H and O–H groups in total. The number of carbonyl (C=O) groups is 2. The summed E-state index contributed by atoms with van der Waals surface area (Å²) in [5.41, 5.74) is 0. The van der Waals surface area contributed by atoms with Crippen LogP contribution in [-0.2, 0) is 19.1 Å². The summed E-state index contributed by atoms with van der Waals surface area (Å²) in [5, 5.41) is 21.6. The third-order valence-corrected chi connectivity index (χ3v) is 3.16. The molecule has 19 heavy (non-hydrogen) atoms. The van der Waals surface area contributed by atoms with Gasteiger partial charge in [-0.15, -0.1) is 0 Å². The molecule has 106 valence electrons. The molecule has 0 radical (unpaired) electrons. The molecular weight excluding hydrogens is 254 g/mol. The van der Waals surface area contributed by atoms with E-state index < -0.39 is 35.9 Å². The van der Waals surface area contributed by atoms with Gasteiger partial charge in [0.1, 0.15) is 29.9 Å². The Hall–Kier alpha value is -1.60. The lowest BCUT2D eigenvalue weighted by atomic mass is 9.86. The van der Waals surface area contributed by atoms with Crippen LogP contribution in [0.2, 0.25) is 0 Å². The van der Waals surface area contributed by atoms with E-state index in [4.69, 9.17) is 14.6 Å². The van der Waals surface area contributed by atoms with Crippen LogP contribution in [0.1, 0.15) is 20.8 Å². The highest BCUT2D eigenvalue weighted by atomic mass is 16.8. The molecule has 1 fully saturated rings. The van der Waals surface area contributed by atoms with Gasteiger partial charge in [-0.1, -0.05) is 0 Å². The van der Waals surface area contributed by atoms with E-state index in [1.54, 1.807) is 13.8 Å². The Morgan fingerprint density at radius 3 is 2.42 bits per heavy atom. The second-order valence-corrected chi connectivity index (χ2v) is 5.20. The van der Waals surface area contributed by atoms with Crippen molar-refractivity contribution in [3.05, 3.63) is 11.8 Å². The smallest absolute Gasteiger partial charge is 0.313 e. The average Bonchev–Trinajstić information content (AvgIpc) is 2.56. The maximum atomic E-state index is 11.2. The minimum Gasteiger partial charge on any atom is -0.510 e. The highest BCUT2D eigenvalue weighted by Crippen LogP contribution is 2.39. The van der Waals surface area contributed by atoms with Crippen molar-refractivity contribution in [2.45, 2.75) is 44.8 Å². The summed E-state index contributed by atoms with van der Waals surface area (Å²) in [6.45, 7) is 4.63. The Bertz CT molecular complexity index is 444. The monoisotopic (exact) mass is 271 g/mol. The number of amides is 1. The van der Waals surface area contributed by atoms with Crippen LogP contribution in [0, 0.1) is 5.92 Å². The number of ether oxygens (including phenoxy) is 2. The van der Waals surface area contributed by atoms with E-state index in [-0.39, 0.29) is 11.7 Å². The normalized spacial score (nSPS) is 36.3. The van der Waals surface area contributed by atoms with Gasteiger partial charge < -0.3 is 25.0 Å². The number of rotatable bonds is 2. The predicted octanol–water partition coefficient (Wildman–Crippen LogP) is 0.168. The summed E-state index contributed by atoms with van der Waals surface area (Å²) >= 11 is 0. The van der Waals surface area contributed by atoms with Crippen molar-refractivity contribution in [1.82, 2.24) is 5.32 Å². The summed E-state index contributed by atoms with van der Waals surface area (Å²) in [6, 6.07) is -0.792. The van der Waals surface area contributed by atoms with E-state index in [1.165, 1.54) is 13.0 Å². The molecule has 0 spiro atoms. The van der Waals surface area contributed by atoms with Crippen molar-refractivity contribution < 1.29 is 29.3 Å². The molecule has 0 aromatic rings. The number of aliphatic carboxylic acids is 1. The number of fused-ring (bicyclic) bond motifs is 1. The Morgan fingerprint density at radius 2 is 1.89 bits per heavy atom. The number of aliphatic hydroxyl groups excluding tert-OH is 1. The zero-order valence-corrected chi connectivity index (χ0v) is 10.9. The highest BCUT2D eigenvalue weighted by Gasteiger charge is 2.53. The van der Waals surface area contributed by atoms with Crippen LogP contribution in [0.4, 0.5) is 0 Å². The second-order valence-electron chi connectivity index (χ2n) is 5.20. The van der Waals surface area contributed by atoms with Crippen molar-refractivity contribution in [3.63, 3.8) is 0 Å². The maximum absolute atomic E-state index is 11.2. The zero-order chi connectivity index (χ0) is 14.4. The molecule has 1 unspecified atom stereocenters. The number of carboxylic acids is 1. The number of hydrogen-bond acceptors (Lipinski definition) is 5. The van der Waals surface area contributed by atoms with Crippen LogP contribution in [0.5, 0.6) is 0 Å².